The van der Waals surface area contributed by atoms with Crippen molar-refractivity contribution in [2.45, 2.75) is 6.54 Å². The summed E-state index contributed by atoms with van der Waals surface area (Å²) in [6, 6.07) is 20.3. The second-order valence-corrected chi connectivity index (χ2v) is 8.99. The maximum Gasteiger partial charge on any atom is 0.270 e. The smallest absolute Gasteiger partial charge is 0.270 e. The van der Waals surface area contributed by atoms with Crippen molar-refractivity contribution in [3.63, 3.8) is 0 Å². The van der Waals surface area contributed by atoms with Gasteiger partial charge in [0.05, 0.1) is 17.1 Å². The summed E-state index contributed by atoms with van der Waals surface area (Å²) in [5, 5.41) is 0.944. The van der Waals surface area contributed by atoms with Crippen molar-refractivity contribution in [3.8, 4) is 0 Å². The quantitative estimate of drug-likeness (QED) is 0.260. The van der Waals surface area contributed by atoms with Gasteiger partial charge in [0.15, 0.2) is 4.32 Å². The first-order valence-corrected chi connectivity index (χ1v) is 11.1. The number of nitrogens with zero attached hydrogens (tertiary/aromatic N) is 2. The molecule has 1 aromatic heterocycles. The molecule has 0 saturated carbocycles. The summed E-state index contributed by atoms with van der Waals surface area (Å²) >= 11 is 6.57. The Labute approximate surface area is 193 Å². The van der Waals surface area contributed by atoms with Crippen LogP contribution in [0.4, 0.5) is 14.5 Å². The molecule has 158 valence electrons. The summed E-state index contributed by atoms with van der Waals surface area (Å²) in [5.74, 6) is -0.990. The summed E-state index contributed by atoms with van der Waals surface area (Å²) in [4.78, 5) is 14.9. The van der Waals surface area contributed by atoms with Crippen LogP contribution in [0.25, 0.3) is 17.0 Å². The molecule has 1 saturated heterocycles. The van der Waals surface area contributed by atoms with Crippen LogP contribution < -0.4 is 4.90 Å². The maximum absolute atomic E-state index is 14.2. The van der Waals surface area contributed by atoms with Crippen molar-refractivity contribution in [3.05, 3.63) is 107 Å². The molecule has 3 nitrogen and oxygen atoms in total. The van der Waals surface area contributed by atoms with Gasteiger partial charge in [0.1, 0.15) is 11.6 Å². The van der Waals surface area contributed by atoms with E-state index in [2.05, 4.69) is 0 Å². The van der Waals surface area contributed by atoms with Gasteiger partial charge in [-0.05, 0) is 36.4 Å². The summed E-state index contributed by atoms with van der Waals surface area (Å²) < 4.78 is 30.2. The number of hydrogen-bond donors (Lipinski definition) is 0. The highest BCUT2D eigenvalue weighted by molar-refractivity contribution is 8.27. The van der Waals surface area contributed by atoms with E-state index in [1.54, 1.807) is 30.3 Å². The number of thioether (sulfide) groups is 1. The Balaban J connectivity index is 1.53. The second kappa shape index (κ2) is 8.33. The zero-order valence-corrected chi connectivity index (χ0v) is 18.3. The van der Waals surface area contributed by atoms with Gasteiger partial charge < -0.3 is 4.57 Å². The number of anilines is 1. The van der Waals surface area contributed by atoms with Crippen LogP contribution in [0, 0.1) is 11.6 Å². The standard InChI is InChI=1S/C25H16F2N2OS2/c26-18-7-5-8-19(13-18)29-24(30)23(32-25(29)31)12-17-15-28(22-11-4-2-9-20(17)22)14-16-6-1-3-10-21(16)27/h1-13,15H,14H2/b23-12-. The van der Waals surface area contributed by atoms with E-state index in [0.29, 0.717) is 27.0 Å². The van der Waals surface area contributed by atoms with E-state index in [1.807, 2.05) is 41.1 Å². The monoisotopic (exact) mass is 462 g/mol. The van der Waals surface area contributed by atoms with Crippen molar-refractivity contribution < 1.29 is 13.6 Å². The van der Waals surface area contributed by atoms with Crippen LogP contribution in [0.2, 0.25) is 0 Å². The van der Waals surface area contributed by atoms with Gasteiger partial charge in [-0.2, -0.15) is 0 Å². The average molecular weight is 463 g/mol. The van der Waals surface area contributed by atoms with Gasteiger partial charge in [-0.3, -0.25) is 9.69 Å². The van der Waals surface area contributed by atoms with Gasteiger partial charge in [-0.15, -0.1) is 0 Å². The molecule has 1 aliphatic rings. The second-order valence-electron chi connectivity index (χ2n) is 7.32. The molecule has 7 heteroatoms. The Bertz CT molecular complexity index is 1410. The SMILES string of the molecule is O=C1/C(=C/c2cn(Cc3ccccc3F)c3ccccc23)SC(=S)N1c1cccc(F)c1. The van der Waals surface area contributed by atoms with Crippen molar-refractivity contribution in [1.29, 1.82) is 0 Å². The molecule has 0 atom stereocenters. The molecule has 3 aromatic carbocycles. The fraction of sp³-hybridized carbons (Fsp3) is 0.0400. The van der Waals surface area contributed by atoms with Gasteiger partial charge in [-0.25, -0.2) is 8.78 Å². The number of para-hydroxylation sites is 1. The molecule has 5 rings (SSSR count). The molecule has 0 N–H and O–H groups in total. The molecule has 4 aromatic rings. The van der Waals surface area contributed by atoms with Crippen molar-refractivity contribution in [1.82, 2.24) is 4.57 Å². The molecule has 2 heterocycles. The van der Waals surface area contributed by atoms with Crippen molar-refractivity contribution >= 4 is 56.9 Å². The summed E-state index contributed by atoms with van der Waals surface area (Å²) in [6.45, 7) is 0.366. The third-order valence-electron chi connectivity index (χ3n) is 5.26. The number of benzene rings is 3. The number of rotatable bonds is 4. The normalized spacial score (nSPS) is 15.3. The highest BCUT2D eigenvalue weighted by atomic mass is 32.2. The highest BCUT2D eigenvalue weighted by Gasteiger charge is 2.33. The lowest BCUT2D eigenvalue weighted by Gasteiger charge is -2.14. The van der Waals surface area contributed by atoms with Crippen LogP contribution in [-0.2, 0) is 11.3 Å². The van der Waals surface area contributed by atoms with E-state index in [4.69, 9.17) is 12.2 Å². The Morgan fingerprint density at radius 2 is 1.75 bits per heavy atom. The molecule has 0 bridgehead atoms. The molecule has 1 fully saturated rings. The fourth-order valence-electron chi connectivity index (χ4n) is 3.78. The number of fused-ring (bicyclic) bond motifs is 1. The number of amides is 1. The molecule has 0 aliphatic carbocycles. The van der Waals surface area contributed by atoms with Crippen LogP contribution >= 0.6 is 24.0 Å². The molecular formula is C25H16F2N2OS2. The molecule has 32 heavy (non-hydrogen) atoms. The van der Waals surface area contributed by atoms with E-state index in [-0.39, 0.29) is 11.7 Å². The number of aromatic nitrogens is 1. The first-order valence-electron chi connectivity index (χ1n) is 9.86. The molecule has 0 radical (unpaired) electrons. The van der Waals surface area contributed by atoms with Crippen LogP contribution in [0.3, 0.4) is 0 Å². The molecular weight excluding hydrogens is 446 g/mol. The van der Waals surface area contributed by atoms with Gasteiger partial charge in [-0.1, -0.05) is 66.4 Å². The van der Waals surface area contributed by atoms with E-state index in [0.717, 1.165) is 16.5 Å². The van der Waals surface area contributed by atoms with E-state index in [9.17, 15) is 13.6 Å². The van der Waals surface area contributed by atoms with Crippen LogP contribution in [0.5, 0.6) is 0 Å². The van der Waals surface area contributed by atoms with Gasteiger partial charge in [0.25, 0.3) is 5.91 Å². The largest absolute Gasteiger partial charge is 0.342 e. The first-order chi connectivity index (χ1) is 15.5. The van der Waals surface area contributed by atoms with Crippen LogP contribution in [-0.4, -0.2) is 14.8 Å². The first kappa shape index (κ1) is 20.6. The molecule has 1 amide bonds. The minimum Gasteiger partial charge on any atom is -0.342 e. The minimum atomic E-state index is -0.434. The van der Waals surface area contributed by atoms with E-state index in [1.165, 1.54) is 34.9 Å². The number of thiocarbonyl (C=S) groups is 1. The number of hydrogen-bond acceptors (Lipinski definition) is 3. The number of halogens is 2. The third kappa shape index (κ3) is 3.74. The van der Waals surface area contributed by atoms with Gasteiger partial charge >= 0.3 is 0 Å². The van der Waals surface area contributed by atoms with Crippen LogP contribution in [0.1, 0.15) is 11.1 Å². The Hall–Kier alpha value is -3.29. The third-order valence-corrected chi connectivity index (χ3v) is 6.57. The Morgan fingerprint density at radius 1 is 0.969 bits per heavy atom. The fourth-order valence-corrected chi connectivity index (χ4v) is 5.07. The molecule has 0 spiro atoms. The summed E-state index contributed by atoms with van der Waals surface area (Å²) in [7, 11) is 0. The average Bonchev–Trinajstić information content (AvgIpc) is 3.26. The molecule has 0 unspecified atom stereocenters. The van der Waals surface area contributed by atoms with Crippen molar-refractivity contribution in [2.75, 3.05) is 4.90 Å². The van der Waals surface area contributed by atoms with E-state index >= 15 is 0 Å². The van der Waals surface area contributed by atoms with Crippen LogP contribution in [0.15, 0.2) is 83.9 Å². The lowest BCUT2D eigenvalue weighted by atomic mass is 10.1. The van der Waals surface area contributed by atoms with E-state index < -0.39 is 5.82 Å². The van der Waals surface area contributed by atoms with Crippen molar-refractivity contribution in [2.24, 2.45) is 0 Å². The zero-order chi connectivity index (χ0) is 22.2. The maximum atomic E-state index is 14.2. The highest BCUT2D eigenvalue weighted by Crippen LogP contribution is 2.37. The number of carbonyl (C=O) groups is 1. The predicted octanol–water partition coefficient (Wildman–Crippen LogP) is 6.37. The lowest BCUT2D eigenvalue weighted by molar-refractivity contribution is -0.113. The Kier molecular flexibility index (Phi) is 5.36. The zero-order valence-electron chi connectivity index (χ0n) is 16.7. The lowest BCUT2D eigenvalue weighted by Crippen LogP contribution is -2.27. The Morgan fingerprint density at radius 3 is 2.56 bits per heavy atom. The molecule has 1 aliphatic heterocycles. The van der Waals surface area contributed by atoms with Gasteiger partial charge in [0, 0.05) is 28.2 Å². The predicted molar refractivity (Wildman–Crippen MR) is 129 cm³/mol. The summed E-state index contributed by atoms with van der Waals surface area (Å²) in [5.41, 5.74) is 2.74. The minimum absolute atomic E-state index is 0.261. The summed E-state index contributed by atoms with van der Waals surface area (Å²) in [6.07, 6.45) is 3.70. The number of carbonyl (C=O) groups excluding carboxylic acids is 1. The van der Waals surface area contributed by atoms with Gasteiger partial charge in [0.2, 0.25) is 0 Å². The topological polar surface area (TPSA) is 25.2 Å².